The maximum absolute atomic E-state index is 12.9. The molecule has 0 aromatic rings. The average molecular weight is 609 g/mol. The van der Waals surface area contributed by atoms with Crippen LogP contribution in [0.15, 0.2) is 12.2 Å². The van der Waals surface area contributed by atoms with Gasteiger partial charge in [0.1, 0.15) is 12.2 Å². The van der Waals surface area contributed by atoms with E-state index in [1.54, 1.807) is 0 Å². The lowest BCUT2D eigenvalue weighted by Gasteiger charge is -2.21. The van der Waals surface area contributed by atoms with Crippen LogP contribution in [-0.4, -0.2) is 39.9 Å². The number of hydrogen-bond donors (Lipinski definition) is 3. The number of ketones is 1. The van der Waals surface area contributed by atoms with Crippen molar-refractivity contribution < 1.29 is 20.1 Å². The van der Waals surface area contributed by atoms with Crippen molar-refractivity contribution in [1.29, 1.82) is 0 Å². The summed E-state index contributed by atoms with van der Waals surface area (Å²) in [6.07, 6.45) is 39.6. The molecular formula is C39H76O4. The lowest BCUT2D eigenvalue weighted by Crippen LogP contribution is -2.40. The molecule has 3 N–H and O–H groups in total. The second-order valence-electron chi connectivity index (χ2n) is 13.4. The number of aliphatic hydroxyl groups excluding tert-OH is 3. The Labute approximate surface area is 268 Å². The molecule has 0 fully saturated rings. The molecular weight excluding hydrogens is 532 g/mol. The highest BCUT2D eigenvalue weighted by Gasteiger charge is 2.29. The van der Waals surface area contributed by atoms with Crippen LogP contribution in [0.25, 0.3) is 0 Å². The van der Waals surface area contributed by atoms with Crippen molar-refractivity contribution in [2.45, 2.75) is 219 Å². The van der Waals surface area contributed by atoms with Gasteiger partial charge in [0.2, 0.25) is 0 Å². The van der Waals surface area contributed by atoms with Gasteiger partial charge in [-0.25, -0.2) is 0 Å². The number of Topliss-reactive ketones (excluding diaryl/α,β-unsaturated/α-hetero) is 1. The maximum Gasteiger partial charge on any atom is 0.167 e. The van der Waals surface area contributed by atoms with Crippen LogP contribution < -0.4 is 0 Å². The molecule has 0 aromatic carbocycles. The Bertz CT molecular complexity index is 590. The van der Waals surface area contributed by atoms with Gasteiger partial charge in [-0.1, -0.05) is 180 Å². The van der Waals surface area contributed by atoms with Crippen molar-refractivity contribution in [1.82, 2.24) is 0 Å². The van der Waals surface area contributed by atoms with Gasteiger partial charge in [-0.05, 0) is 38.5 Å². The topological polar surface area (TPSA) is 77.8 Å². The van der Waals surface area contributed by atoms with E-state index in [2.05, 4.69) is 26.0 Å². The zero-order valence-electron chi connectivity index (χ0n) is 29.1. The normalized spacial score (nSPS) is 14.0. The summed E-state index contributed by atoms with van der Waals surface area (Å²) in [6, 6.07) is 0. The van der Waals surface area contributed by atoms with Gasteiger partial charge in [0.15, 0.2) is 5.78 Å². The van der Waals surface area contributed by atoms with E-state index in [1.165, 1.54) is 148 Å². The minimum absolute atomic E-state index is 0.208. The highest BCUT2D eigenvalue weighted by molar-refractivity contribution is 5.85. The summed E-state index contributed by atoms with van der Waals surface area (Å²) >= 11 is 0. The quantitative estimate of drug-likeness (QED) is 0.0494. The van der Waals surface area contributed by atoms with Crippen LogP contribution in [0.5, 0.6) is 0 Å². The summed E-state index contributed by atoms with van der Waals surface area (Å²) in [5.41, 5.74) is 0. The minimum atomic E-state index is -1.46. The molecule has 4 heteroatoms. The average Bonchev–Trinajstić information content (AvgIpc) is 3.02. The highest BCUT2D eigenvalue weighted by Crippen LogP contribution is 2.22. The first kappa shape index (κ1) is 42.3. The number of unbranched alkanes of at least 4 members (excludes halogenated alkanes) is 25. The first-order chi connectivity index (χ1) is 21.1. The summed E-state index contributed by atoms with van der Waals surface area (Å²) in [4.78, 5) is 12.9. The third kappa shape index (κ3) is 28.5. The lowest BCUT2D eigenvalue weighted by molar-refractivity contribution is -0.139. The number of aliphatic hydroxyl groups is 3. The fourth-order valence-corrected chi connectivity index (χ4v) is 6.18. The molecule has 0 bridgehead atoms. The summed E-state index contributed by atoms with van der Waals surface area (Å²) in [5, 5.41) is 29.3. The summed E-state index contributed by atoms with van der Waals surface area (Å²) in [5.74, 6) is -0.486. The predicted octanol–water partition coefficient (Wildman–Crippen LogP) is 11.2. The zero-order valence-corrected chi connectivity index (χ0v) is 29.1. The van der Waals surface area contributed by atoms with Crippen LogP contribution in [0.4, 0.5) is 0 Å². The molecule has 0 rings (SSSR count). The smallest absolute Gasteiger partial charge is 0.167 e. The van der Waals surface area contributed by atoms with Crippen molar-refractivity contribution in [2.75, 3.05) is 6.61 Å². The molecule has 3 unspecified atom stereocenters. The van der Waals surface area contributed by atoms with Crippen molar-refractivity contribution >= 4 is 5.78 Å². The lowest BCUT2D eigenvalue weighted by atomic mass is 9.87. The van der Waals surface area contributed by atoms with E-state index in [9.17, 15) is 20.1 Å². The molecule has 0 heterocycles. The van der Waals surface area contributed by atoms with E-state index in [4.69, 9.17) is 0 Å². The fraction of sp³-hybridized carbons (Fsp3) is 0.923. The monoisotopic (exact) mass is 609 g/mol. The number of carbonyl (C=O) groups is 1. The predicted molar refractivity (Wildman–Crippen MR) is 187 cm³/mol. The van der Waals surface area contributed by atoms with Gasteiger partial charge >= 0.3 is 0 Å². The van der Waals surface area contributed by atoms with Gasteiger partial charge in [-0.3, -0.25) is 4.79 Å². The Balaban J connectivity index is 3.96. The fourth-order valence-electron chi connectivity index (χ4n) is 6.18. The Morgan fingerprint density at radius 2 is 0.791 bits per heavy atom. The van der Waals surface area contributed by atoms with Gasteiger partial charge in [0.05, 0.1) is 6.61 Å². The first-order valence-electron chi connectivity index (χ1n) is 19.2. The molecule has 0 amide bonds. The second kappa shape index (κ2) is 34.2. The van der Waals surface area contributed by atoms with Gasteiger partial charge in [0, 0.05) is 5.92 Å². The van der Waals surface area contributed by atoms with Crippen LogP contribution in [0, 0.1) is 5.92 Å². The maximum atomic E-state index is 12.9. The Morgan fingerprint density at radius 1 is 0.488 bits per heavy atom. The number of allylic oxidation sites excluding steroid dienone is 2. The second-order valence-corrected chi connectivity index (χ2v) is 13.4. The van der Waals surface area contributed by atoms with E-state index in [0.29, 0.717) is 0 Å². The molecule has 0 aliphatic rings. The third-order valence-electron chi connectivity index (χ3n) is 9.22. The van der Waals surface area contributed by atoms with E-state index in [-0.39, 0.29) is 11.7 Å². The van der Waals surface area contributed by atoms with Gasteiger partial charge < -0.3 is 15.3 Å². The van der Waals surface area contributed by atoms with Crippen LogP contribution in [-0.2, 0) is 4.79 Å². The highest BCUT2D eigenvalue weighted by atomic mass is 16.4. The van der Waals surface area contributed by atoms with Gasteiger partial charge in [-0.2, -0.15) is 0 Å². The molecule has 0 aliphatic heterocycles. The molecule has 0 spiro atoms. The van der Waals surface area contributed by atoms with Crippen molar-refractivity contribution in [3.8, 4) is 0 Å². The molecule has 0 saturated carbocycles. The SMILES string of the molecule is CCCCCCCC/C=C\CCCCCCC(CCCCCCCCCCCCCCCCCC)C(=O)C(O)C(O)CO. The number of hydrogen-bond acceptors (Lipinski definition) is 4. The van der Waals surface area contributed by atoms with Crippen molar-refractivity contribution in [3.05, 3.63) is 12.2 Å². The van der Waals surface area contributed by atoms with E-state index in [1.807, 2.05) is 0 Å². The molecule has 0 aromatic heterocycles. The largest absolute Gasteiger partial charge is 0.394 e. The molecule has 43 heavy (non-hydrogen) atoms. The first-order valence-corrected chi connectivity index (χ1v) is 19.2. The van der Waals surface area contributed by atoms with Crippen molar-refractivity contribution in [2.24, 2.45) is 5.92 Å². The zero-order chi connectivity index (χ0) is 31.6. The van der Waals surface area contributed by atoms with Crippen LogP contribution >= 0.6 is 0 Å². The van der Waals surface area contributed by atoms with Crippen LogP contribution in [0.1, 0.15) is 206 Å². The summed E-state index contributed by atoms with van der Waals surface area (Å²) < 4.78 is 0. The molecule has 3 atom stereocenters. The molecule has 0 aliphatic carbocycles. The molecule has 0 radical (unpaired) electrons. The minimum Gasteiger partial charge on any atom is -0.394 e. The summed E-state index contributed by atoms with van der Waals surface area (Å²) in [6.45, 7) is 3.96. The Kier molecular flexibility index (Phi) is 33.6. The van der Waals surface area contributed by atoms with E-state index in [0.717, 1.165) is 44.9 Å². The Morgan fingerprint density at radius 3 is 1.12 bits per heavy atom. The van der Waals surface area contributed by atoms with E-state index < -0.39 is 18.8 Å². The van der Waals surface area contributed by atoms with Crippen molar-refractivity contribution in [3.63, 3.8) is 0 Å². The van der Waals surface area contributed by atoms with Gasteiger partial charge in [-0.15, -0.1) is 0 Å². The summed E-state index contributed by atoms with van der Waals surface area (Å²) in [7, 11) is 0. The molecule has 4 nitrogen and oxygen atoms in total. The standard InChI is InChI=1S/C39H76O4/c1-3-5-7-9-11-13-15-17-19-20-22-24-26-28-30-32-34-36(38(42)39(43)37(41)35-40)33-31-29-27-25-23-21-18-16-14-12-10-8-6-4-2/h18,21,36-37,39-41,43H,3-17,19-20,22-35H2,1-2H3/b21-18-. The third-order valence-corrected chi connectivity index (χ3v) is 9.22. The van der Waals surface area contributed by atoms with E-state index >= 15 is 0 Å². The Hall–Kier alpha value is -0.710. The van der Waals surface area contributed by atoms with Gasteiger partial charge in [0.25, 0.3) is 0 Å². The molecule has 0 saturated heterocycles. The van der Waals surface area contributed by atoms with Crippen LogP contribution in [0.2, 0.25) is 0 Å². The number of carbonyl (C=O) groups excluding carboxylic acids is 1. The number of rotatable bonds is 35. The van der Waals surface area contributed by atoms with Crippen LogP contribution in [0.3, 0.4) is 0 Å². The molecule has 256 valence electrons.